The Bertz CT molecular complexity index is 435. The average molecular weight is 290 g/mol. The van der Waals surface area contributed by atoms with Gasteiger partial charge in [-0.05, 0) is 51.3 Å². The molecule has 21 heavy (non-hydrogen) atoms. The molecule has 1 saturated heterocycles. The van der Waals surface area contributed by atoms with Crippen molar-refractivity contribution in [3.63, 3.8) is 0 Å². The van der Waals surface area contributed by atoms with Crippen molar-refractivity contribution in [2.24, 2.45) is 5.92 Å². The van der Waals surface area contributed by atoms with Crippen molar-refractivity contribution in [2.45, 2.75) is 52.6 Å². The van der Waals surface area contributed by atoms with E-state index in [9.17, 15) is 0 Å². The van der Waals surface area contributed by atoms with Gasteiger partial charge in [-0.25, -0.2) is 0 Å². The van der Waals surface area contributed by atoms with E-state index in [1.165, 1.54) is 18.5 Å². The van der Waals surface area contributed by atoms with Crippen LogP contribution in [0.4, 0.5) is 5.69 Å². The lowest BCUT2D eigenvalue weighted by Crippen LogP contribution is -2.53. The lowest BCUT2D eigenvalue weighted by molar-refractivity contribution is 0.268. The summed E-state index contributed by atoms with van der Waals surface area (Å²) in [6.45, 7) is 11.9. The highest BCUT2D eigenvalue weighted by atomic mass is 16.5. The Morgan fingerprint density at radius 1 is 1.24 bits per heavy atom. The number of hydrogen-bond acceptors (Lipinski definition) is 3. The summed E-state index contributed by atoms with van der Waals surface area (Å²) in [5.41, 5.74) is 1.24. The number of anilines is 1. The fourth-order valence-electron chi connectivity index (χ4n) is 3.29. The highest BCUT2D eigenvalue weighted by Crippen LogP contribution is 2.34. The Morgan fingerprint density at radius 2 is 2.00 bits per heavy atom. The van der Waals surface area contributed by atoms with E-state index in [1.807, 2.05) is 6.92 Å². The second-order valence-electron chi connectivity index (χ2n) is 6.04. The van der Waals surface area contributed by atoms with Gasteiger partial charge in [0.25, 0.3) is 0 Å². The highest BCUT2D eigenvalue weighted by molar-refractivity contribution is 5.59. The molecule has 0 saturated carbocycles. The van der Waals surface area contributed by atoms with Crippen molar-refractivity contribution >= 4 is 5.69 Å². The number of rotatable bonds is 6. The van der Waals surface area contributed by atoms with E-state index in [0.29, 0.717) is 18.0 Å². The summed E-state index contributed by atoms with van der Waals surface area (Å²) in [5, 5.41) is 3.71. The first-order valence-corrected chi connectivity index (χ1v) is 8.40. The Morgan fingerprint density at radius 3 is 2.71 bits per heavy atom. The molecule has 1 aliphatic heterocycles. The maximum atomic E-state index is 5.81. The molecule has 0 bridgehead atoms. The minimum absolute atomic E-state index is 0.523. The molecular formula is C18H30N2O. The SMILES string of the molecule is CCCNC1CCN(c2ccccc2OCC)C(C)C1C. The van der Waals surface area contributed by atoms with Gasteiger partial charge in [0.05, 0.1) is 12.3 Å². The van der Waals surface area contributed by atoms with Gasteiger partial charge in [0, 0.05) is 18.6 Å². The van der Waals surface area contributed by atoms with Gasteiger partial charge in [-0.1, -0.05) is 26.0 Å². The highest BCUT2D eigenvalue weighted by Gasteiger charge is 2.33. The van der Waals surface area contributed by atoms with Crippen LogP contribution >= 0.6 is 0 Å². The maximum Gasteiger partial charge on any atom is 0.142 e. The monoisotopic (exact) mass is 290 g/mol. The minimum Gasteiger partial charge on any atom is -0.492 e. The summed E-state index contributed by atoms with van der Waals surface area (Å²) in [7, 11) is 0. The van der Waals surface area contributed by atoms with E-state index in [1.54, 1.807) is 0 Å². The van der Waals surface area contributed by atoms with Crippen LogP contribution < -0.4 is 15.0 Å². The van der Waals surface area contributed by atoms with E-state index in [0.717, 1.165) is 25.4 Å². The topological polar surface area (TPSA) is 24.5 Å². The number of nitrogens with zero attached hydrogens (tertiary/aromatic N) is 1. The molecule has 3 unspecified atom stereocenters. The summed E-state index contributed by atoms with van der Waals surface area (Å²) in [4.78, 5) is 2.51. The smallest absolute Gasteiger partial charge is 0.142 e. The number of piperidine rings is 1. The number of ether oxygens (including phenoxy) is 1. The van der Waals surface area contributed by atoms with Gasteiger partial charge in [0.1, 0.15) is 5.75 Å². The van der Waals surface area contributed by atoms with Crippen molar-refractivity contribution < 1.29 is 4.74 Å². The molecule has 1 aromatic carbocycles. The maximum absolute atomic E-state index is 5.81. The van der Waals surface area contributed by atoms with Crippen molar-refractivity contribution in [3.05, 3.63) is 24.3 Å². The molecule has 0 amide bonds. The third kappa shape index (κ3) is 3.70. The first-order chi connectivity index (χ1) is 10.2. The van der Waals surface area contributed by atoms with Gasteiger partial charge in [-0.15, -0.1) is 0 Å². The first-order valence-electron chi connectivity index (χ1n) is 8.40. The molecule has 3 nitrogen and oxygen atoms in total. The van der Waals surface area contributed by atoms with Crippen LogP contribution in [-0.2, 0) is 0 Å². The third-order valence-electron chi connectivity index (χ3n) is 4.70. The van der Waals surface area contributed by atoms with Gasteiger partial charge in [0.2, 0.25) is 0 Å². The molecule has 2 rings (SSSR count). The second-order valence-corrected chi connectivity index (χ2v) is 6.04. The van der Waals surface area contributed by atoms with Gasteiger partial charge in [0.15, 0.2) is 0 Å². The molecule has 0 aromatic heterocycles. The minimum atomic E-state index is 0.523. The van der Waals surface area contributed by atoms with Gasteiger partial charge < -0.3 is 15.0 Å². The Balaban J connectivity index is 2.12. The molecule has 0 spiro atoms. The molecule has 1 N–H and O–H groups in total. The molecule has 1 aliphatic rings. The van der Waals surface area contributed by atoms with Crippen LogP contribution in [0.5, 0.6) is 5.75 Å². The van der Waals surface area contributed by atoms with Crippen LogP contribution in [0.1, 0.15) is 40.5 Å². The van der Waals surface area contributed by atoms with E-state index in [2.05, 4.69) is 55.3 Å². The second kappa shape index (κ2) is 7.69. The largest absolute Gasteiger partial charge is 0.492 e. The Hall–Kier alpha value is -1.22. The summed E-state index contributed by atoms with van der Waals surface area (Å²) in [6.07, 6.45) is 2.40. The van der Waals surface area contributed by atoms with Crippen molar-refractivity contribution in [1.82, 2.24) is 5.32 Å². The number of para-hydroxylation sites is 2. The molecule has 1 fully saturated rings. The molecule has 0 radical (unpaired) electrons. The van der Waals surface area contributed by atoms with E-state index in [4.69, 9.17) is 4.74 Å². The first kappa shape index (κ1) is 16.2. The van der Waals surface area contributed by atoms with Crippen LogP contribution in [0.2, 0.25) is 0 Å². The standard InChI is InChI=1S/C18H30N2O/c1-5-12-19-16-11-13-20(15(4)14(16)3)17-9-7-8-10-18(17)21-6-2/h7-10,14-16,19H,5-6,11-13H2,1-4H3. The fraction of sp³-hybridized carbons (Fsp3) is 0.667. The zero-order chi connectivity index (χ0) is 15.2. The van der Waals surface area contributed by atoms with Crippen molar-refractivity contribution in [3.8, 4) is 5.75 Å². The summed E-state index contributed by atoms with van der Waals surface area (Å²) >= 11 is 0. The van der Waals surface area contributed by atoms with Crippen LogP contribution in [-0.4, -0.2) is 31.8 Å². The van der Waals surface area contributed by atoms with Crippen molar-refractivity contribution in [1.29, 1.82) is 0 Å². The zero-order valence-electron chi connectivity index (χ0n) is 13.9. The predicted molar refractivity (Wildman–Crippen MR) is 90.3 cm³/mol. The fourth-order valence-corrected chi connectivity index (χ4v) is 3.29. The third-order valence-corrected chi connectivity index (χ3v) is 4.70. The van der Waals surface area contributed by atoms with Crippen LogP contribution in [0.25, 0.3) is 0 Å². The van der Waals surface area contributed by atoms with Crippen LogP contribution in [0.15, 0.2) is 24.3 Å². The quantitative estimate of drug-likeness (QED) is 0.865. The predicted octanol–water partition coefficient (Wildman–Crippen LogP) is 3.69. The summed E-state index contributed by atoms with van der Waals surface area (Å²) in [6, 6.07) is 9.59. The molecule has 1 heterocycles. The van der Waals surface area contributed by atoms with Crippen molar-refractivity contribution in [2.75, 3.05) is 24.6 Å². The molecule has 0 aliphatic carbocycles. The molecular weight excluding hydrogens is 260 g/mol. The Kier molecular flexibility index (Phi) is 5.92. The number of benzene rings is 1. The van der Waals surface area contributed by atoms with Crippen LogP contribution in [0.3, 0.4) is 0 Å². The van der Waals surface area contributed by atoms with Gasteiger partial charge in [-0.2, -0.15) is 0 Å². The molecule has 1 aromatic rings. The van der Waals surface area contributed by atoms with E-state index in [-0.39, 0.29) is 0 Å². The number of hydrogen-bond donors (Lipinski definition) is 1. The molecule has 118 valence electrons. The Labute approximate surface area is 129 Å². The van der Waals surface area contributed by atoms with Gasteiger partial charge >= 0.3 is 0 Å². The molecule has 3 atom stereocenters. The van der Waals surface area contributed by atoms with Gasteiger partial charge in [-0.3, -0.25) is 0 Å². The van der Waals surface area contributed by atoms with Crippen LogP contribution in [0, 0.1) is 5.92 Å². The zero-order valence-corrected chi connectivity index (χ0v) is 13.9. The lowest BCUT2D eigenvalue weighted by Gasteiger charge is -2.44. The average Bonchev–Trinajstić information content (AvgIpc) is 2.50. The normalized spacial score (nSPS) is 25.9. The molecule has 3 heteroatoms. The summed E-state index contributed by atoms with van der Waals surface area (Å²) < 4.78 is 5.81. The van der Waals surface area contributed by atoms with E-state index >= 15 is 0 Å². The van der Waals surface area contributed by atoms with E-state index < -0.39 is 0 Å². The summed E-state index contributed by atoms with van der Waals surface area (Å²) in [5.74, 6) is 1.65. The number of nitrogens with one attached hydrogen (secondary N) is 1. The lowest BCUT2D eigenvalue weighted by atomic mass is 9.86.